The molecule has 6 heteroatoms. The van der Waals surface area contributed by atoms with Gasteiger partial charge < -0.3 is 19.3 Å². The molecule has 1 aromatic carbocycles. The highest BCUT2D eigenvalue weighted by molar-refractivity contribution is 6.08. The Balaban J connectivity index is 2.63. The van der Waals surface area contributed by atoms with Gasteiger partial charge in [-0.15, -0.1) is 0 Å². The number of aliphatic carboxylic acids is 1. The van der Waals surface area contributed by atoms with Crippen LogP contribution in [-0.4, -0.2) is 38.2 Å². The van der Waals surface area contributed by atoms with Crippen LogP contribution in [0.2, 0.25) is 0 Å². The van der Waals surface area contributed by atoms with E-state index in [2.05, 4.69) is 0 Å². The number of carboxylic acid groups (broad SMARTS) is 1. The minimum Gasteiger partial charge on any atom is -0.500 e. The Kier molecular flexibility index (Phi) is 7.28. The van der Waals surface area contributed by atoms with Gasteiger partial charge in [0.1, 0.15) is 17.3 Å². The lowest BCUT2D eigenvalue weighted by molar-refractivity contribution is -0.132. The minimum atomic E-state index is -0.983. The fourth-order valence-electron chi connectivity index (χ4n) is 4.67. The van der Waals surface area contributed by atoms with Gasteiger partial charge in [-0.2, -0.15) is 0 Å². The van der Waals surface area contributed by atoms with Crippen molar-refractivity contribution in [2.24, 2.45) is 11.3 Å². The van der Waals surface area contributed by atoms with Crippen molar-refractivity contribution < 1.29 is 28.9 Å². The van der Waals surface area contributed by atoms with E-state index >= 15 is 0 Å². The van der Waals surface area contributed by atoms with E-state index in [0.717, 1.165) is 16.7 Å². The summed E-state index contributed by atoms with van der Waals surface area (Å²) in [7, 11) is 4.66. The second-order valence-electron chi connectivity index (χ2n) is 8.74. The van der Waals surface area contributed by atoms with Crippen LogP contribution in [0.5, 0.6) is 11.5 Å². The summed E-state index contributed by atoms with van der Waals surface area (Å²) >= 11 is 0. The number of benzene rings is 1. The quantitative estimate of drug-likeness (QED) is 0.453. The number of carboxylic acids is 1. The molecule has 174 valence electrons. The molecule has 0 radical (unpaired) electrons. The van der Waals surface area contributed by atoms with Gasteiger partial charge in [-0.3, -0.25) is 4.79 Å². The molecular weight excluding hydrogens is 408 g/mol. The Hall–Kier alpha value is -3.02. The lowest BCUT2D eigenvalue weighted by Gasteiger charge is -2.40. The van der Waals surface area contributed by atoms with Crippen LogP contribution < -0.4 is 9.47 Å². The number of carbonyl (C=O) groups excluding carboxylic acids is 1. The molecule has 32 heavy (non-hydrogen) atoms. The van der Waals surface area contributed by atoms with Crippen molar-refractivity contribution in [2.45, 2.75) is 48.5 Å². The molecule has 1 aromatic rings. The summed E-state index contributed by atoms with van der Waals surface area (Å²) in [4.78, 5) is 25.2. The molecule has 2 rings (SSSR count). The predicted molar refractivity (Wildman–Crippen MR) is 125 cm³/mol. The number of hydrogen-bond acceptors (Lipinski definition) is 5. The van der Waals surface area contributed by atoms with E-state index < -0.39 is 11.4 Å². The zero-order chi connectivity index (χ0) is 24.5. The Labute approximate surface area is 190 Å². The third-order valence-corrected chi connectivity index (χ3v) is 6.86. The van der Waals surface area contributed by atoms with Crippen molar-refractivity contribution in [3.05, 3.63) is 56.9 Å². The monoisotopic (exact) mass is 442 g/mol. The first-order chi connectivity index (χ1) is 14.9. The van der Waals surface area contributed by atoms with E-state index in [-0.39, 0.29) is 17.3 Å². The molecule has 0 aliphatic heterocycles. The van der Waals surface area contributed by atoms with Crippen molar-refractivity contribution in [3.8, 4) is 11.5 Å². The highest BCUT2D eigenvalue weighted by atomic mass is 16.5. The highest BCUT2D eigenvalue weighted by Gasteiger charge is 2.41. The highest BCUT2D eigenvalue weighted by Crippen LogP contribution is 2.48. The Morgan fingerprint density at radius 2 is 1.41 bits per heavy atom. The molecule has 1 atom stereocenters. The lowest BCUT2D eigenvalue weighted by Crippen LogP contribution is -2.33. The van der Waals surface area contributed by atoms with Crippen LogP contribution in [0.4, 0.5) is 0 Å². The first-order valence-corrected chi connectivity index (χ1v) is 10.5. The maximum atomic E-state index is 13.4. The van der Waals surface area contributed by atoms with Crippen LogP contribution in [0.1, 0.15) is 54.7 Å². The van der Waals surface area contributed by atoms with Crippen LogP contribution in [0, 0.1) is 32.1 Å². The number of allylic oxidation sites excluding steroid dienone is 3. The van der Waals surface area contributed by atoms with Crippen LogP contribution in [0.3, 0.4) is 0 Å². The van der Waals surface area contributed by atoms with Crippen LogP contribution in [-0.2, 0) is 9.53 Å². The first kappa shape index (κ1) is 25.2. The van der Waals surface area contributed by atoms with Gasteiger partial charge in [0, 0.05) is 17.1 Å². The van der Waals surface area contributed by atoms with E-state index in [1.54, 1.807) is 27.2 Å². The number of ether oxygens (including phenoxy) is 3. The maximum Gasteiger partial charge on any atom is 0.336 e. The van der Waals surface area contributed by atoms with E-state index in [9.17, 15) is 14.7 Å². The molecule has 0 saturated heterocycles. The summed E-state index contributed by atoms with van der Waals surface area (Å²) in [5, 5.41) is 9.72. The van der Waals surface area contributed by atoms with Crippen LogP contribution in [0.15, 0.2) is 34.6 Å². The molecule has 0 heterocycles. The molecule has 0 aromatic heterocycles. The van der Waals surface area contributed by atoms with Gasteiger partial charge in [0.2, 0.25) is 0 Å². The van der Waals surface area contributed by atoms with Crippen molar-refractivity contribution in [3.63, 3.8) is 0 Å². The fourth-order valence-corrected chi connectivity index (χ4v) is 4.67. The van der Waals surface area contributed by atoms with Gasteiger partial charge in [0.05, 0.1) is 32.5 Å². The lowest BCUT2D eigenvalue weighted by atomic mass is 9.66. The fraction of sp³-hybridized carbons (Fsp3) is 0.462. The molecule has 1 aliphatic carbocycles. The largest absolute Gasteiger partial charge is 0.500 e. The molecule has 0 amide bonds. The predicted octanol–water partition coefficient (Wildman–Crippen LogP) is 5.35. The number of hydrogen-bond donors (Lipinski definition) is 1. The molecule has 1 aliphatic rings. The van der Waals surface area contributed by atoms with Gasteiger partial charge in [-0.1, -0.05) is 25.5 Å². The average molecular weight is 443 g/mol. The van der Waals surface area contributed by atoms with Gasteiger partial charge in [-0.25, -0.2) is 4.79 Å². The van der Waals surface area contributed by atoms with Crippen LogP contribution >= 0.6 is 0 Å². The van der Waals surface area contributed by atoms with Crippen molar-refractivity contribution in [2.75, 3.05) is 21.3 Å². The summed E-state index contributed by atoms with van der Waals surface area (Å²) in [6.45, 7) is 13.2. The first-order valence-electron chi connectivity index (χ1n) is 10.5. The number of ketones is 1. The number of methoxy groups -OCH3 is 3. The van der Waals surface area contributed by atoms with Gasteiger partial charge in [0.15, 0.2) is 5.78 Å². The Morgan fingerprint density at radius 3 is 1.88 bits per heavy atom. The second kappa shape index (κ2) is 9.23. The van der Waals surface area contributed by atoms with E-state index in [0.29, 0.717) is 34.0 Å². The van der Waals surface area contributed by atoms with Crippen molar-refractivity contribution >= 4 is 11.8 Å². The van der Waals surface area contributed by atoms with Gasteiger partial charge >= 0.3 is 5.97 Å². The molecule has 6 nitrogen and oxygen atoms in total. The standard InChI is InChI=1S/C26H34O6/c1-13-14(2)24(32-10)21(16(4)22(13)30-8)19(27)12-11-18-23(31-9)15(3)20(25(28)29)17(5)26(18,6)7/h11-12,18H,1-10H3,(H,28,29). The van der Waals surface area contributed by atoms with Crippen molar-refractivity contribution in [1.29, 1.82) is 0 Å². The van der Waals surface area contributed by atoms with Gasteiger partial charge in [0.25, 0.3) is 0 Å². The van der Waals surface area contributed by atoms with E-state index in [4.69, 9.17) is 14.2 Å². The van der Waals surface area contributed by atoms with E-state index in [1.165, 1.54) is 13.2 Å². The summed E-state index contributed by atoms with van der Waals surface area (Å²) in [6.07, 6.45) is 3.32. The summed E-state index contributed by atoms with van der Waals surface area (Å²) in [5.41, 5.74) is 3.96. The Morgan fingerprint density at radius 1 is 0.875 bits per heavy atom. The maximum absolute atomic E-state index is 13.4. The second-order valence-corrected chi connectivity index (χ2v) is 8.74. The zero-order valence-corrected chi connectivity index (χ0v) is 20.7. The summed E-state index contributed by atoms with van der Waals surface area (Å²) in [6, 6.07) is 0. The molecular formula is C26H34O6. The normalized spacial score (nSPS) is 18.2. The third-order valence-electron chi connectivity index (χ3n) is 6.86. The molecule has 1 unspecified atom stereocenters. The van der Waals surface area contributed by atoms with E-state index in [1.807, 2.05) is 41.5 Å². The smallest absolute Gasteiger partial charge is 0.336 e. The molecule has 0 fully saturated rings. The minimum absolute atomic E-state index is 0.213. The number of carbonyl (C=O) groups is 2. The Bertz CT molecular complexity index is 1050. The average Bonchev–Trinajstić information content (AvgIpc) is 2.72. The SMILES string of the molecule is COC1=C(C)C(C(=O)O)=C(C)C(C)(C)C1C=CC(=O)c1c(C)c(OC)c(C)c(C)c1OC. The molecule has 0 bridgehead atoms. The third kappa shape index (κ3) is 3.94. The summed E-state index contributed by atoms with van der Waals surface area (Å²) in [5.74, 6) is 0.235. The summed E-state index contributed by atoms with van der Waals surface area (Å²) < 4.78 is 16.8. The molecule has 0 saturated carbocycles. The number of rotatable bonds is 7. The molecule has 0 spiro atoms. The molecule has 1 N–H and O–H groups in total. The van der Waals surface area contributed by atoms with Crippen molar-refractivity contribution in [1.82, 2.24) is 0 Å². The van der Waals surface area contributed by atoms with Crippen LogP contribution in [0.25, 0.3) is 0 Å². The topological polar surface area (TPSA) is 82.1 Å². The van der Waals surface area contributed by atoms with Gasteiger partial charge in [-0.05, 0) is 57.2 Å². The zero-order valence-electron chi connectivity index (χ0n) is 20.7.